The average Bonchev–Trinajstić information content (AvgIpc) is 3.03. The summed E-state index contributed by atoms with van der Waals surface area (Å²) in [6.45, 7) is 1.82. The van der Waals surface area contributed by atoms with Gasteiger partial charge >= 0.3 is 0 Å². The predicted octanol–water partition coefficient (Wildman–Crippen LogP) is 4.61. The minimum Gasteiger partial charge on any atom is -0.317 e. The summed E-state index contributed by atoms with van der Waals surface area (Å²) >= 11 is 9.74. The number of aliphatic imine (C=N–C) groups is 1. The predicted molar refractivity (Wildman–Crippen MR) is 88.4 cm³/mol. The molecule has 0 N–H and O–H groups in total. The van der Waals surface area contributed by atoms with Gasteiger partial charge in [-0.05, 0) is 17.8 Å². The summed E-state index contributed by atoms with van der Waals surface area (Å²) in [4.78, 5) is 6.71. The van der Waals surface area contributed by atoms with Crippen LogP contribution >= 0.6 is 47.1 Å². The number of thioether (sulfide) groups is 1. The van der Waals surface area contributed by atoms with E-state index in [4.69, 9.17) is 11.6 Å². The SMILES string of the molecule is Cl.ClC1=C(c2csc3ccccc23)N2CCN=C2S1. The lowest BCUT2D eigenvalue weighted by atomic mass is 10.1. The number of benzene rings is 1. The molecule has 0 saturated heterocycles. The van der Waals surface area contributed by atoms with Crippen molar-refractivity contribution in [2.24, 2.45) is 4.99 Å². The van der Waals surface area contributed by atoms with Gasteiger partial charge in [0.1, 0.15) is 4.36 Å². The standard InChI is InChI=1S/C13H9ClN2S2.ClH/c14-12-11(16-6-5-15-13(16)18-12)9-7-17-10-4-2-1-3-8(9)10;/h1-4,7H,5-6H2;1H. The van der Waals surface area contributed by atoms with Gasteiger partial charge in [-0.3, -0.25) is 4.99 Å². The molecular formula is C13H10Cl2N2S2. The highest BCUT2D eigenvalue weighted by Gasteiger charge is 2.33. The Morgan fingerprint density at radius 2 is 2.11 bits per heavy atom. The van der Waals surface area contributed by atoms with Gasteiger partial charge in [0, 0.05) is 27.6 Å². The van der Waals surface area contributed by atoms with Crippen LogP contribution in [0.1, 0.15) is 5.56 Å². The Balaban J connectivity index is 0.00000110. The molecule has 2 nitrogen and oxygen atoms in total. The van der Waals surface area contributed by atoms with Crippen molar-refractivity contribution < 1.29 is 0 Å². The molecule has 0 aliphatic carbocycles. The van der Waals surface area contributed by atoms with E-state index in [0.29, 0.717) is 0 Å². The molecule has 0 unspecified atom stereocenters. The normalized spacial score (nSPS) is 17.7. The van der Waals surface area contributed by atoms with Crippen molar-refractivity contribution in [1.29, 1.82) is 0 Å². The molecule has 0 fully saturated rings. The number of nitrogens with zero attached hydrogens (tertiary/aromatic N) is 2. The Morgan fingerprint density at radius 1 is 1.26 bits per heavy atom. The number of thiophene rings is 1. The van der Waals surface area contributed by atoms with Crippen LogP contribution in [0.3, 0.4) is 0 Å². The third-order valence-electron chi connectivity index (χ3n) is 3.17. The molecule has 0 atom stereocenters. The maximum Gasteiger partial charge on any atom is 0.169 e. The fraction of sp³-hybridized carbons (Fsp3) is 0.154. The molecule has 0 bridgehead atoms. The van der Waals surface area contributed by atoms with Crippen molar-refractivity contribution in [2.75, 3.05) is 13.1 Å². The van der Waals surface area contributed by atoms with Crippen molar-refractivity contribution in [3.05, 3.63) is 39.6 Å². The fourth-order valence-corrected chi connectivity index (χ4v) is 4.65. The van der Waals surface area contributed by atoms with Crippen LogP contribution in [0.2, 0.25) is 0 Å². The minimum absolute atomic E-state index is 0. The summed E-state index contributed by atoms with van der Waals surface area (Å²) in [5.74, 6) is 0. The van der Waals surface area contributed by atoms with Crippen LogP contribution < -0.4 is 0 Å². The molecule has 0 saturated carbocycles. The topological polar surface area (TPSA) is 15.6 Å². The first-order valence-electron chi connectivity index (χ1n) is 5.71. The first-order valence-corrected chi connectivity index (χ1v) is 7.78. The Kier molecular flexibility index (Phi) is 3.52. The lowest BCUT2D eigenvalue weighted by Gasteiger charge is -2.15. The maximum absolute atomic E-state index is 6.40. The third-order valence-corrected chi connectivity index (χ3v) is 5.45. The highest BCUT2D eigenvalue weighted by atomic mass is 35.5. The summed E-state index contributed by atoms with van der Waals surface area (Å²) in [6, 6.07) is 8.46. The maximum atomic E-state index is 6.40. The van der Waals surface area contributed by atoms with E-state index in [2.05, 4.69) is 39.5 Å². The summed E-state index contributed by atoms with van der Waals surface area (Å²) in [5, 5.41) is 4.53. The van der Waals surface area contributed by atoms with Gasteiger partial charge in [0.15, 0.2) is 5.17 Å². The molecule has 19 heavy (non-hydrogen) atoms. The van der Waals surface area contributed by atoms with Crippen LogP contribution in [-0.4, -0.2) is 23.2 Å². The second kappa shape index (κ2) is 5.02. The molecule has 1 aromatic heterocycles. The third kappa shape index (κ3) is 1.98. The Labute approximate surface area is 130 Å². The molecular weight excluding hydrogens is 319 g/mol. The molecule has 6 heteroatoms. The van der Waals surface area contributed by atoms with E-state index in [-0.39, 0.29) is 12.4 Å². The smallest absolute Gasteiger partial charge is 0.169 e. The van der Waals surface area contributed by atoms with E-state index in [9.17, 15) is 0 Å². The van der Waals surface area contributed by atoms with Gasteiger partial charge in [0.2, 0.25) is 0 Å². The number of rotatable bonds is 1. The van der Waals surface area contributed by atoms with Gasteiger partial charge in [-0.25, -0.2) is 0 Å². The van der Waals surface area contributed by atoms with E-state index in [1.54, 1.807) is 23.1 Å². The van der Waals surface area contributed by atoms with Crippen molar-refractivity contribution >= 4 is 68.1 Å². The van der Waals surface area contributed by atoms with Gasteiger partial charge in [0.05, 0.1) is 12.2 Å². The van der Waals surface area contributed by atoms with E-state index in [1.807, 2.05) is 0 Å². The van der Waals surface area contributed by atoms with Crippen LogP contribution in [0.15, 0.2) is 39.0 Å². The van der Waals surface area contributed by atoms with Crippen LogP contribution in [0.25, 0.3) is 15.8 Å². The highest BCUT2D eigenvalue weighted by molar-refractivity contribution is 8.18. The molecule has 2 aliphatic rings. The summed E-state index contributed by atoms with van der Waals surface area (Å²) in [6.07, 6.45) is 0. The number of hydrogen-bond acceptors (Lipinski definition) is 4. The Bertz CT molecular complexity index is 705. The zero-order valence-corrected chi connectivity index (χ0v) is 13.0. The fourth-order valence-electron chi connectivity index (χ4n) is 2.37. The summed E-state index contributed by atoms with van der Waals surface area (Å²) in [5.41, 5.74) is 2.37. The zero-order chi connectivity index (χ0) is 12.1. The van der Waals surface area contributed by atoms with Crippen LogP contribution in [0.4, 0.5) is 0 Å². The van der Waals surface area contributed by atoms with Crippen LogP contribution in [0.5, 0.6) is 0 Å². The lowest BCUT2D eigenvalue weighted by molar-refractivity contribution is 0.650. The van der Waals surface area contributed by atoms with E-state index in [0.717, 1.165) is 28.3 Å². The zero-order valence-electron chi connectivity index (χ0n) is 9.80. The molecule has 1 aromatic carbocycles. The number of halogens is 2. The van der Waals surface area contributed by atoms with Crippen molar-refractivity contribution in [3.63, 3.8) is 0 Å². The highest BCUT2D eigenvalue weighted by Crippen LogP contribution is 2.46. The van der Waals surface area contributed by atoms with E-state index >= 15 is 0 Å². The first kappa shape index (κ1) is 13.3. The monoisotopic (exact) mass is 328 g/mol. The van der Waals surface area contributed by atoms with Crippen LogP contribution in [0, 0.1) is 0 Å². The molecule has 3 heterocycles. The van der Waals surface area contributed by atoms with Gasteiger partial charge in [0.25, 0.3) is 0 Å². The van der Waals surface area contributed by atoms with Crippen molar-refractivity contribution in [2.45, 2.75) is 0 Å². The number of hydrogen-bond donors (Lipinski definition) is 0. The summed E-state index contributed by atoms with van der Waals surface area (Å²) < 4.78 is 2.15. The molecule has 0 radical (unpaired) electrons. The van der Waals surface area contributed by atoms with E-state index in [1.165, 1.54) is 15.6 Å². The Morgan fingerprint density at radius 3 is 3.00 bits per heavy atom. The molecule has 2 aliphatic heterocycles. The molecule has 2 aromatic rings. The van der Waals surface area contributed by atoms with Crippen molar-refractivity contribution in [3.8, 4) is 0 Å². The number of fused-ring (bicyclic) bond motifs is 2. The molecule has 0 spiro atoms. The molecule has 98 valence electrons. The minimum atomic E-state index is 0. The van der Waals surface area contributed by atoms with Gasteiger partial charge in [-0.15, -0.1) is 23.7 Å². The first-order chi connectivity index (χ1) is 8.84. The second-order valence-electron chi connectivity index (χ2n) is 4.19. The van der Waals surface area contributed by atoms with E-state index < -0.39 is 0 Å². The second-order valence-corrected chi connectivity index (χ2v) is 6.68. The summed E-state index contributed by atoms with van der Waals surface area (Å²) in [7, 11) is 0. The largest absolute Gasteiger partial charge is 0.317 e. The van der Waals surface area contributed by atoms with Crippen molar-refractivity contribution in [1.82, 2.24) is 4.90 Å². The molecule has 4 rings (SSSR count). The average molecular weight is 329 g/mol. The Hall–Kier alpha value is -0.680. The number of amidine groups is 1. The molecule has 0 amide bonds. The van der Waals surface area contributed by atoms with Gasteiger partial charge in [-0.2, -0.15) is 0 Å². The van der Waals surface area contributed by atoms with Gasteiger partial charge in [-0.1, -0.05) is 29.8 Å². The lowest BCUT2D eigenvalue weighted by Crippen LogP contribution is -2.19. The van der Waals surface area contributed by atoms with Crippen LogP contribution in [-0.2, 0) is 0 Å². The van der Waals surface area contributed by atoms with Gasteiger partial charge < -0.3 is 4.90 Å². The quantitative estimate of drug-likeness (QED) is 0.759.